The van der Waals surface area contributed by atoms with E-state index in [1.54, 1.807) is 18.6 Å². The van der Waals surface area contributed by atoms with E-state index in [0.717, 1.165) is 83.5 Å². The van der Waals surface area contributed by atoms with E-state index < -0.39 is 0 Å². The highest BCUT2D eigenvalue weighted by molar-refractivity contribution is 5.80. The van der Waals surface area contributed by atoms with Gasteiger partial charge in [0, 0.05) is 70.6 Å². The monoisotopic (exact) mass is 768 g/mol. The lowest BCUT2D eigenvalue weighted by Crippen LogP contribution is -2.00. The molecule has 6 nitrogen and oxygen atoms in total. The van der Waals surface area contributed by atoms with Gasteiger partial charge in [-0.2, -0.15) is 0 Å². The number of aromatic nitrogens is 6. The molecule has 0 spiro atoms. The van der Waals surface area contributed by atoms with Crippen molar-refractivity contribution >= 4 is 0 Å². The van der Waals surface area contributed by atoms with Crippen molar-refractivity contribution in [3.63, 3.8) is 0 Å². The molecule has 0 radical (unpaired) electrons. The molecule has 0 aliphatic rings. The van der Waals surface area contributed by atoms with Gasteiger partial charge < -0.3 is 0 Å². The maximum Gasteiger partial charge on any atom is 0.164 e. The Balaban J connectivity index is 1.07. The molecule has 0 N–H and O–H groups in total. The van der Waals surface area contributed by atoms with Gasteiger partial charge in [0.2, 0.25) is 0 Å². The molecule has 0 saturated carbocycles. The fraction of sp³-hybridized carbons (Fsp3) is 0. The molecule has 282 valence electrons. The maximum absolute atomic E-state index is 5.18. The minimum absolute atomic E-state index is 0.591. The standard InChI is InChI=1S/C54H36N6/c1-10-37(28-43(16-1)49-22-7-25-55-34-49)40-13-4-19-46(31-40)52-58-53(47-20-5-14-41(32-47)38-11-2-17-44(29-38)50-23-8-26-56-35-50)60-54(59-52)48-21-6-15-42(33-48)39-12-3-18-45(30-39)51-24-9-27-57-36-51/h1-36H. The molecule has 10 aromatic rings. The van der Waals surface area contributed by atoms with Crippen LogP contribution in [0, 0.1) is 0 Å². The Labute approximate surface area is 348 Å². The highest BCUT2D eigenvalue weighted by atomic mass is 15.0. The van der Waals surface area contributed by atoms with Gasteiger partial charge in [0.15, 0.2) is 17.5 Å². The van der Waals surface area contributed by atoms with E-state index in [1.165, 1.54) is 0 Å². The SMILES string of the molecule is c1cncc(-c2cccc(-c3cccc(-c4nc(-c5cccc(-c6cccc(-c7cccnc7)c6)c5)nc(-c5cccc(-c6cccc(-c7cccnc7)c6)c5)n4)c3)c2)c1. The van der Waals surface area contributed by atoms with Gasteiger partial charge in [0.1, 0.15) is 0 Å². The normalized spacial score (nSPS) is 11.0. The average molecular weight is 769 g/mol. The fourth-order valence-corrected chi connectivity index (χ4v) is 7.51. The highest BCUT2D eigenvalue weighted by Crippen LogP contribution is 2.34. The summed E-state index contributed by atoms with van der Waals surface area (Å²) in [7, 11) is 0. The van der Waals surface area contributed by atoms with Crippen LogP contribution in [0.25, 0.3) is 101 Å². The van der Waals surface area contributed by atoms with Crippen LogP contribution in [-0.2, 0) is 0 Å². The van der Waals surface area contributed by atoms with Crippen LogP contribution >= 0.6 is 0 Å². The van der Waals surface area contributed by atoms with Crippen molar-refractivity contribution in [2.75, 3.05) is 0 Å². The predicted molar refractivity (Wildman–Crippen MR) is 242 cm³/mol. The summed E-state index contributed by atoms with van der Waals surface area (Å²) in [6, 6.07) is 63.0. The van der Waals surface area contributed by atoms with Gasteiger partial charge in [0.25, 0.3) is 0 Å². The second-order valence-corrected chi connectivity index (χ2v) is 14.5. The first-order chi connectivity index (χ1) is 29.7. The van der Waals surface area contributed by atoms with Gasteiger partial charge in [-0.15, -0.1) is 0 Å². The molecule has 10 rings (SSSR count). The molecule has 0 bridgehead atoms. The van der Waals surface area contributed by atoms with E-state index in [-0.39, 0.29) is 0 Å². The molecule has 0 amide bonds. The fourth-order valence-electron chi connectivity index (χ4n) is 7.51. The van der Waals surface area contributed by atoms with Gasteiger partial charge in [-0.3, -0.25) is 15.0 Å². The second-order valence-electron chi connectivity index (χ2n) is 14.5. The van der Waals surface area contributed by atoms with Crippen LogP contribution in [0.15, 0.2) is 219 Å². The van der Waals surface area contributed by atoms with E-state index >= 15 is 0 Å². The lowest BCUT2D eigenvalue weighted by Gasteiger charge is -2.12. The third-order valence-electron chi connectivity index (χ3n) is 10.6. The van der Waals surface area contributed by atoms with Crippen molar-refractivity contribution in [3.8, 4) is 101 Å². The lowest BCUT2D eigenvalue weighted by molar-refractivity contribution is 1.07. The number of hydrogen-bond donors (Lipinski definition) is 0. The molecular formula is C54H36N6. The smallest absolute Gasteiger partial charge is 0.164 e. The molecule has 4 aromatic heterocycles. The summed E-state index contributed by atoms with van der Waals surface area (Å²) in [5.41, 5.74) is 15.7. The van der Waals surface area contributed by atoms with Crippen LogP contribution in [0.1, 0.15) is 0 Å². The molecule has 0 aliphatic carbocycles. The van der Waals surface area contributed by atoms with Crippen LogP contribution in [0.2, 0.25) is 0 Å². The molecule has 6 heteroatoms. The minimum atomic E-state index is 0.591. The Kier molecular flexibility index (Phi) is 9.84. The van der Waals surface area contributed by atoms with E-state index in [1.807, 2.05) is 36.8 Å². The minimum Gasteiger partial charge on any atom is -0.264 e. The first-order valence-electron chi connectivity index (χ1n) is 19.8. The summed E-state index contributed by atoms with van der Waals surface area (Å²) in [5.74, 6) is 1.77. The topological polar surface area (TPSA) is 77.3 Å². The zero-order valence-corrected chi connectivity index (χ0v) is 32.5. The summed E-state index contributed by atoms with van der Waals surface area (Å²) in [5, 5.41) is 0. The maximum atomic E-state index is 5.18. The highest BCUT2D eigenvalue weighted by Gasteiger charge is 2.15. The van der Waals surface area contributed by atoms with Crippen LogP contribution in [0.4, 0.5) is 0 Å². The van der Waals surface area contributed by atoms with Crippen molar-refractivity contribution in [2.24, 2.45) is 0 Å². The van der Waals surface area contributed by atoms with Gasteiger partial charge in [0.05, 0.1) is 0 Å². The number of rotatable bonds is 9. The number of hydrogen-bond acceptors (Lipinski definition) is 6. The predicted octanol–water partition coefficient (Wildman–Crippen LogP) is 13.1. The van der Waals surface area contributed by atoms with Crippen molar-refractivity contribution in [3.05, 3.63) is 219 Å². The summed E-state index contributed by atoms with van der Waals surface area (Å²) < 4.78 is 0. The second kappa shape index (κ2) is 16.3. The number of nitrogens with zero attached hydrogens (tertiary/aromatic N) is 6. The van der Waals surface area contributed by atoms with Crippen molar-refractivity contribution in [1.29, 1.82) is 0 Å². The molecule has 60 heavy (non-hydrogen) atoms. The molecule has 0 saturated heterocycles. The van der Waals surface area contributed by atoms with Crippen molar-refractivity contribution < 1.29 is 0 Å². The molecule has 0 atom stereocenters. The van der Waals surface area contributed by atoms with Crippen LogP contribution in [0.5, 0.6) is 0 Å². The van der Waals surface area contributed by atoms with Crippen LogP contribution in [-0.4, -0.2) is 29.9 Å². The van der Waals surface area contributed by atoms with Gasteiger partial charge in [-0.25, -0.2) is 15.0 Å². The summed E-state index contributed by atoms with van der Waals surface area (Å²) in [6.07, 6.45) is 11.1. The van der Waals surface area contributed by atoms with Crippen molar-refractivity contribution in [1.82, 2.24) is 29.9 Å². The molecule has 0 unspecified atom stereocenters. The first kappa shape index (κ1) is 36.1. The Morgan fingerprint density at radius 1 is 0.200 bits per heavy atom. The van der Waals surface area contributed by atoms with E-state index in [4.69, 9.17) is 15.0 Å². The van der Waals surface area contributed by atoms with E-state index in [2.05, 4.69) is 179 Å². The Morgan fingerprint density at radius 2 is 0.400 bits per heavy atom. The Bertz CT molecular complexity index is 2750. The van der Waals surface area contributed by atoms with Gasteiger partial charge in [-0.1, -0.05) is 127 Å². The van der Waals surface area contributed by atoms with E-state index in [9.17, 15) is 0 Å². The Morgan fingerprint density at radius 3 is 0.633 bits per heavy atom. The number of pyridine rings is 3. The average Bonchev–Trinajstić information content (AvgIpc) is 3.35. The zero-order chi connectivity index (χ0) is 40.1. The van der Waals surface area contributed by atoms with Crippen LogP contribution in [0.3, 0.4) is 0 Å². The lowest BCUT2D eigenvalue weighted by atomic mass is 9.98. The molecule has 0 aliphatic heterocycles. The Hall–Kier alpha value is -8.22. The number of benzene rings is 6. The van der Waals surface area contributed by atoms with Gasteiger partial charge in [-0.05, 0) is 105 Å². The third-order valence-corrected chi connectivity index (χ3v) is 10.6. The third kappa shape index (κ3) is 7.73. The summed E-state index contributed by atoms with van der Waals surface area (Å²) in [6.45, 7) is 0. The van der Waals surface area contributed by atoms with Gasteiger partial charge >= 0.3 is 0 Å². The molecule has 6 aromatic carbocycles. The van der Waals surface area contributed by atoms with Crippen molar-refractivity contribution in [2.45, 2.75) is 0 Å². The largest absolute Gasteiger partial charge is 0.264 e. The summed E-state index contributed by atoms with van der Waals surface area (Å²) in [4.78, 5) is 28.5. The molecular weight excluding hydrogens is 733 g/mol. The molecule has 0 fully saturated rings. The van der Waals surface area contributed by atoms with E-state index in [0.29, 0.717) is 17.5 Å². The molecule has 4 heterocycles. The first-order valence-corrected chi connectivity index (χ1v) is 19.8. The zero-order valence-electron chi connectivity index (χ0n) is 32.5. The van der Waals surface area contributed by atoms with Crippen LogP contribution < -0.4 is 0 Å². The quantitative estimate of drug-likeness (QED) is 0.145. The summed E-state index contributed by atoms with van der Waals surface area (Å²) >= 11 is 0.